The number of unbranched alkanes of at least 4 members (excludes halogenated alkanes) is 2. The second kappa shape index (κ2) is 26.4. The fourth-order valence-corrected chi connectivity index (χ4v) is 11.0. The average Bonchev–Trinajstić information content (AvgIpc) is 2.63. The lowest BCUT2D eigenvalue weighted by molar-refractivity contribution is -0.137. The molecule has 84 heavy (non-hydrogen) atoms. The van der Waals surface area contributed by atoms with Gasteiger partial charge in [0, 0.05) is 105 Å². The molecule has 26 nitrogen and oxygen atoms in total. The molecule has 448 valence electrons. The Morgan fingerprint density at radius 2 is 0.595 bits per heavy atom. The summed E-state index contributed by atoms with van der Waals surface area (Å²) >= 11 is 0. The number of aliphatic carboxylic acids is 1. The van der Waals surface area contributed by atoms with E-state index in [0.29, 0.717) is 219 Å². The lowest BCUT2D eigenvalue weighted by atomic mass is 10.2. The van der Waals surface area contributed by atoms with Gasteiger partial charge in [0.2, 0.25) is 0 Å². The molecule has 0 atom stereocenters. The standard InChI is InChI=1S/C58H84N24O2/c1-15-76(16-2)52-51(59-33-31-29-30-32-34(83)84)60-35-36(61-52)44-68-43(35)69-45-37-38(63-54(78(19-5)20-6)53(62-37)77(17-3)18-4)47(71-45)73-49-41-42(67-58(82(27-13)28-14)57(66-41)81(25-11)26-12)50(75-49)74-48-40-39(46(70-44)72-48)64-55(79(21-7)22-8)56(65-40)80(23-9)24-10/h15-33H2,1-14H3,(H,59,60)(H,83,84)(H2,68,69,70,71,72,73,74,75). The number of hydrogen-bond donors (Lipinski definition) is 4. The van der Waals surface area contributed by atoms with Gasteiger partial charge in [-0.15, -0.1) is 0 Å². The highest BCUT2D eigenvalue weighted by molar-refractivity contribution is 6.03. The quantitative estimate of drug-likeness (QED) is 0.0333. The summed E-state index contributed by atoms with van der Waals surface area (Å²) in [5.41, 5.74) is 4.91. The van der Waals surface area contributed by atoms with Gasteiger partial charge in [0.15, 0.2) is 92.4 Å². The molecule has 0 unspecified atom stereocenters. The second-order valence-corrected chi connectivity index (χ2v) is 20.2. The molecule has 9 rings (SSSR count). The summed E-state index contributed by atoms with van der Waals surface area (Å²) in [6.45, 7) is 39.6. The Labute approximate surface area is 491 Å². The predicted octanol–water partition coefficient (Wildman–Crippen LogP) is 9.01. The molecule has 0 aliphatic carbocycles. The maximum Gasteiger partial charge on any atom is 0.303 e. The van der Waals surface area contributed by atoms with E-state index in [-0.39, 0.29) is 29.7 Å². The Morgan fingerprint density at radius 1 is 0.333 bits per heavy atom. The topological polar surface area (TPSA) is 284 Å². The Hall–Kier alpha value is -8.45. The third-order valence-electron chi connectivity index (χ3n) is 15.8. The van der Waals surface area contributed by atoms with Gasteiger partial charge in [-0.3, -0.25) is 4.79 Å². The van der Waals surface area contributed by atoms with Crippen LogP contribution in [0.3, 0.4) is 0 Å². The van der Waals surface area contributed by atoms with Crippen LogP contribution in [0.4, 0.5) is 46.5 Å². The third-order valence-corrected chi connectivity index (χ3v) is 15.8. The first-order valence-electron chi connectivity index (χ1n) is 30.5. The minimum absolute atomic E-state index is 0.113. The van der Waals surface area contributed by atoms with Gasteiger partial charge in [-0.1, -0.05) is 6.42 Å². The van der Waals surface area contributed by atoms with E-state index < -0.39 is 5.97 Å². The SMILES string of the molecule is CCN(CC)c1nc2c(nc1NCCCCCC(=O)O)-c1nc-2nc2[nH]c(nc3nc(nc4[nH]c(n1)c1nc(N(CC)CC)c(N(CC)CC)nc41)-c1nc(N(CC)CC)c(N(CC)CC)nc1-3)c1nc(N(CC)CC)c(N(CC)CC)nc21. The summed E-state index contributed by atoms with van der Waals surface area (Å²) in [6, 6.07) is 0. The van der Waals surface area contributed by atoms with Crippen LogP contribution in [-0.4, -0.2) is 189 Å². The van der Waals surface area contributed by atoms with E-state index in [1.807, 2.05) is 0 Å². The molecule has 0 spiro atoms. The molecular formula is C58H84N24O2. The van der Waals surface area contributed by atoms with E-state index in [2.05, 4.69) is 147 Å². The van der Waals surface area contributed by atoms with Gasteiger partial charge in [0.05, 0.1) is 0 Å². The highest BCUT2D eigenvalue weighted by atomic mass is 16.4. The molecule has 8 bridgehead atoms. The van der Waals surface area contributed by atoms with Crippen molar-refractivity contribution in [2.45, 2.75) is 123 Å². The van der Waals surface area contributed by atoms with Crippen molar-refractivity contribution in [3.63, 3.8) is 0 Å². The molecule has 2 aliphatic rings. The fraction of sp³-hybridized carbons (Fsp3) is 0.569. The van der Waals surface area contributed by atoms with Gasteiger partial charge in [-0.25, -0.2) is 69.8 Å². The van der Waals surface area contributed by atoms with Crippen LogP contribution in [0.1, 0.15) is 123 Å². The van der Waals surface area contributed by atoms with Gasteiger partial charge in [-0.2, -0.15) is 0 Å². The highest BCUT2D eigenvalue weighted by Crippen LogP contribution is 2.41. The number of rotatable bonds is 28. The number of nitrogens with one attached hydrogen (secondary N) is 3. The molecule has 0 radical (unpaired) electrons. The largest absolute Gasteiger partial charge is 0.481 e. The van der Waals surface area contributed by atoms with Crippen LogP contribution in [-0.2, 0) is 4.79 Å². The lowest BCUT2D eigenvalue weighted by Gasteiger charge is -2.28. The van der Waals surface area contributed by atoms with Crippen LogP contribution < -0.4 is 39.6 Å². The normalized spacial score (nSPS) is 11.7. The number of nitrogens with zero attached hydrogens (tertiary/aromatic N) is 21. The van der Waals surface area contributed by atoms with Crippen LogP contribution in [0.5, 0.6) is 0 Å². The summed E-state index contributed by atoms with van der Waals surface area (Å²) in [5, 5.41) is 12.9. The highest BCUT2D eigenvalue weighted by Gasteiger charge is 2.33. The molecule has 2 aliphatic heterocycles. The molecule has 0 saturated heterocycles. The van der Waals surface area contributed by atoms with E-state index in [4.69, 9.17) is 69.8 Å². The molecule has 0 amide bonds. The van der Waals surface area contributed by atoms with Gasteiger partial charge in [0.25, 0.3) is 0 Å². The van der Waals surface area contributed by atoms with E-state index in [1.165, 1.54) is 0 Å². The summed E-state index contributed by atoms with van der Waals surface area (Å²) < 4.78 is 0. The summed E-state index contributed by atoms with van der Waals surface area (Å²) in [4.78, 5) is 110. The number of carboxylic acid groups (broad SMARTS) is 1. The zero-order valence-electron chi connectivity index (χ0n) is 51.7. The molecule has 0 saturated carbocycles. The number of hydrogen-bond acceptors (Lipinski definition) is 23. The van der Waals surface area contributed by atoms with Crippen molar-refractivity contribution in [1.29, 1.82) is 0 Å². The lowest BCUT2D eigenvalue weighted by Crippen LogP contribution is -2.30. The zero-order valence-corrected chi connectivity index (χ0v) is 51.7. The molecule has 0 aromatic carbocycles. The van der Waals surface area contributed by atoms with Crippen molar-refractivity contribution in [3.05, 3.63) is 0 Å². The minimum atomic E-state index is -0.806. The predicted molar refractivity (Wildman–Crippen MR) is 338 cm³/mol. The Kier molecular flexibility index (Phi) is 18.9. The Bertz CT molecular complexity index is 3630. The van der Waals surface area contributed by atoms with Gasteiger partial charge in [-0.05, 0) is 110 Å². The molecular weight excluding hydrogens is 1060 g/mol. The van der Waals surface area contributed by atoms with Gasteiger partial charge in [0.1, 0.15) is 44.8 Å². The van der Waals surface area contributed by atoms with Crippen molar-refractivity contribution in [2.24, 2.45) is 0 Å². The summed E-state index contributed by atoms with van der Waals surface area (Å²) in [5.74, 6) is 5.62. The molecule has 26 heteroatoms. The van der Waals surface area contributed by atoms with E-state index in [1.54, 1.807) is 0 Å². The van der Waals surface area contributed by atoms with Crippen LogP contribution in [0.15, 0.2) is 0 Å². The number of fused-ring (bicyclic) bond motifs is 20. The van der Waals surface area contributed by atoms with Crippen molar-refractivity contribution < 1.29 is 9.90 Å². The molecule has 7 aromatic rings. The smallest absolute Gasteiger partial charge is 0.303 e. The molecule has 7 aromatic heterocycles. The van der Waals surface area contributed by atoms with Crippen molar-refractivity contribution >= 4 is 97.2 Å². The Balaban J connectivity index is 1.49. The van der Waals surface area contributed by atoms with Crippen LogP contribution in [0, 0.1) is 0 Å². The summed E-state index contributed by atoms with van der Waals surface area (Å²) in [6.07, 6.45) is 2.13. The van der Waals surface area contributed by atoms with Gasteiger partial charge < -0.3 is 54.7 Å². The number of aromatic amines is 2. The van der Waals surface area contributed by atoms with Crippen molar-refractivity contribution in [1.82, 2.24) is 79.7 Å². The monoisotopic (exact) mass is 1150 g/mol. The number of carbonyl (C=O) groups is 1. The van der Waals surface area contributed by atoms with Crippen LogP contribution >= 0.6 is 0 Å². The zero-order chi connectivity index (χ0) is 59.9. The average molecular weight is 1150 g/mol. The van der Waals surface area contributed by atoms with Crippen molar-refractivity contribution in [3.8, 4) is 46.1 Å². The minimum Gasteiger partial charge on any atom is -0.481 e. The summed E-state index contributed by atoms with van der Waals surface area (Å²) in [7, 11) is 0. The first kappa shape index (κ1) is 60.2. The molecule has 0 fully saturated rings. The van der Waals surface area contributed by atoms with E-state index in [9.17, 15) is 9.90 Å². The number of H-pyrrole nitrogens is 2. The fourth-order valence-electron chi connectivity index (χ4n) is 11.0. The van der Waals surface area contributed by atoms with E-state index in [0.717, 1.165) is 12.8 Å². The Morgan fingerprint density at radius 3 is 0.881 bits per heavy atom. The number of aromatic nitrogens is 16. The molecule has 4 N–H and O–H groups in total. The van der Waals surface area contributed by atoms with Crippen molar-refractivity contribution in [2.75, 3.05) is 138 Å². The van der Waals surface area contributed by atoms with Gasteiger partial charge >= 0.3 is 5.97 Å². The first-order chi connectivity index (χ1) is 40.8. The number of carboxylic acids is 1. The second-order valence-electron chi connectivity index (χ2n) is 20.2. The maximum atomic E-state index is 11.4. The molecule has 9 heterocycles. The first-order valence-corrected chi connectivity index (χ1v) is 30.5. The van der Waals surface area contributed by atoms with E-state index >= 15 is 0 Å². The van der Waals surface area contributed by atoms with Crippen LogP contribution in [0.2, 0.25) is 0 Å². The maximum absolute atomic E-state index is 11.4. The van der Waals surface area contributed by atoms with Crippen LogP contribution in [0.25, 0.3) is 90.7 Å². The number of anilines is 8. The third kappa shape index (κ3) is 11.4.